The first kappa shape index (κ1) is 40.0. The Morgan fingerprint density at radius 3 is 1.17 bits per heavy atom. The van der Waals surface area contributed by atoms with Crippen LogP contribution in [0.25, 0.3) is 111 Å². The van der Waals surface area contributed by atoms with Crippen LogP contribution in [0.5, 0.6) is 0 Å². The zero-order valence-corrected chi connectivity index (χ0v) is 38.5. The molecule has 0 nitrogen and oxygen atoms in total. The lowest BCUT2D eigenvalue weighted by molar-refractivity contribution is 0.660. The van der Waals surface area contributed by atoms with Crippen molar-refractivity contribution >= 4 is 37.5 Å². The topological polar surface area (TPSA) is 0 Å². The maximum absolute atomic E-state index is 3.76. The van der Waals surface area contributed by atoms with Crippen molar-refractivity contribution in [3.05, 3.63) is 252 Å². The van der Waals surface area contributed by atoms with E-state index >= 15 is 0 Å². The van der Waals surface area contributed by atoms with Gasteiger partial charge in [-0.3, -0.25) is 0 Å². The third-order valence-corrected chi connectivity index (χ3v) is 14.5. The van der Waals surface area contributed by atoms with E-state index in [9.17, 15) is 0 Å². The first-order valence-electron chi connectivity index (χ1n) is 22.8. The molecule has 1 aliphatic carbocycles. The van der Waals surface area contributed by atoms with Gasteiger partial charge >= 0.3 is 0 Å². The number of halogens is 1. The number of rotatable bonds is 7. The predicted molar refractivity (Wildman–Crippen MR) is 285 cm³/mol. The first-order valence-corrected chi connectivity index (χ1v) is 23.6. The van der Waals surface area contributed by atoms with Gasteiger partial charge in [0.05, 0.1) is 0 Å². The van der Waals surface area contributed by atoms with Gasteiger partial charge in [0.1, 0.15) is 0 Å². The smallest absolute Gasteiger partial charge is 0.0178 e. The third kappa shape index (κ3) is 6.73. The Kier molecular flexibility index (Phi) is 9.77. The fraction of sp³-hybridized carbons (Fsp3) is 0.0462. The van der Waals surface area contributed by atoms with E-state index < -0.39 is 0 Å². The molecule has 0 bridgehead atoms. The summed E-state index contributed by atoms with van der Waals surface area (Å²) in [6, 6.07) is 87.5. The van der Waals surface area contributed by atoms with Crippen LogP contribution in [0.2, 0.25) is 0 Å². The van der Waals surface area contributed by atoms with E-state index in [4.69, 9.17) is 0 Å². The van der Waals surface area contributed by atoms with Gasteiger partial charge in [-0.05, 0) is 146 Å². The third-order valence-electron chi connectivity index (χ3n) is 14.0. The number of hydrogen-bond donors (Lipinski definition) is 0. The number of hydrogen-bond acceptors (Lipinski definition) is 0. The van der Waals surface area contributed by atoms with Crippen LogP contribution in [0.1, 0.15) is 25.0 Å². The lowest BCUT2D eigenvalue weighted by Crippen LogP contribution is -2.15. The maximum Gasteiger partial charge on any atom is 0.0178 e. The molecule has 11 aromatic rings. The molecule has 11 aromatic carbocycles. The molecule has 0 heterocycles. The van der Waals surface area contributed by atoms with Crippen molar-refractivity contribution in [2.45, 2.75) is 19.3 Å². The maximum atomic E-state index is 3.76. The summed E-state index contributed by atoms with van der Waals surface area (Å²) in [7, 11) is 0. The highest BCUT2D eigenvalue weighted by molar-refractivity contribution is 9.10. The molecular weight excluding hydrogens is 861 g/mol. The Bertz CT molecular complexity index is 3640. The predicted octanol–water partition coefficient (Wildman–Crippen LogP) is 18.7. The molecule has 0 saturated heterocycles. The van der Waals surface area contributed by atoms with Crippen molar-refractivity contribution in [3.63, 3.8) is 0 Å². The largest absolute Gasteiger partial charge is 0.0622 e. The van der Waals surface area contributed by atoms with Crippen molar-refractivity contribution in [3.8, 4) is 89.0 Å². The van der Waals surface area contributed by atoms with Crippen molar-refractivity contribution < 1.29 is 0 Å². The molecule has 0 fully saturated rings. The van der Waals surface area contributed by atoms with Crippen molar-refractivity contribution in [1.82, 2.24) is 0 Å². The Hall–Kier alpha value is -7.58. The molecule has 12 rings (SSSR count). The van der Waals surface area contributed by atoms with E-state index in [2.05, 4.69) is 266 Å². The Morgan fingerprint density at radius 2 is 0.621 bits per heavy atom. The first-order chi connectivity index (χ1) is 32.4. The lowest BCUT2D eigenvalue weighted by atomic mass is 9.80. The minimum Gasteiger partial charge on any atom is -0.0622 e. The normalized spacial score (nSPS) is 12.6. The molecule has 0 N–H and O–H groups in total. The van der Waals surface area contributed by atoms with E-state index in [-0.39, 0.29) is 5.41 Å². The van der Waals surface area contributed by atoms with Gasteiger partial charge in [-0.25, -0.2) is 0 Å². The van der Waals surface area contributed by atoms with Crippen LogP contribution in [0, 0.1) is 0 Å². The van der Waals surface area contributed by atoms with Crippen molar-refractivity contribution in [1.29, 1.82) is 0 Å². The van der Waals surface area contributed by atoms with E-state index in [1.807, 2.05) is 0 Å². The highest BCUT2D eigenvalue weighted by atomic mass is 79.9. The van der Waals surface area contributed by atoms with Gasteiger partial charge in [-0.1, -0.05) is 242 Å². The van der Waals surface area contributed by atoms with Gasteiger partial charge in [-0.15, -0.1) is 0 Å². The standard InChI is InChI=1S/C65H45Br/c1-65(2)61-40-49(33-36-53(61)54-38-35-50(66)41-62(54)65)48-34-37-59-60(39-48)64(56-22-12-10-20-52(56)47-31-27-45(28-32-47)43-17-7-4-8-18-43)58-24-14-13-23-57(58)63(59)55-21-11-9-19-51(55)46-29-25-44(26-30-46)42-15-5-3-6-16-42/h3-41H,1-2H3. The highest BCUT2D eigenvalue weighted by Crippen LogP contribution is 2.52. The van der Waals surface area contributed by atoms with Gasteiger partial charge in [0.15, 0.2) is 0 Å². The summed E-state index contributed by atoms with van der Waals surface area (Å²) in [4.78, 5) is 0. The fourth-order valence-corrected chi connectivity index (χ4v) is 11.0. The van der Waals surface area contributed by atoms with Gasteiger partial charge in [-0.2, -0.15) is 0 Å². The molecular formula is C65H45Br. The van der Waals surface area contributed by atoms with E-state index in [1.165, 1.54) is 122 Å². The van der Waals surface area contributed by atoms with Gasteiger partial charge in [0, 0.05) is 9.89 Å². The van der Waals surface area contributed by atoms with Crippen LogP contribution in [-0.4, -0.2) is 0 Å². The zero-order valence-electron chi connectivity index (χ0n) is 36.9. The molecule has 312 valence electrons. The van der Waals surface area contributed by atoms with Crippen LogP contribution in [0.4, 0.5) is 0 Å². The Morgan fingerprint density at radius 1 is 0.258 bits per heavy atom. The molecule has 1 heteroatoms. The second-order valence-electron chi connectivity index (χ2n) is 18.1. The molecule has 0 spiro atoms. The minimum atomic E-state index is -0.131. The van der Waals surface area contributed by atoms with Gasteiger partial charge in [0.25, 0.3) is 0 Å². The summed E-state index contributed by atoms with van der Waals surface area (Å²) >= 11 is 3.76. The van der Waals surface area contributed by atoms with Crippen LogP contribution < -0.4 is 0 Å². The van der Waals surface area contributed by atoms with Crippen LogP contribution >= 0.6 is 15.9 Å². The minimum absolute atomic E-state index is 0.131. The monoisotopic (exact) mass is 904 g/mol. The fourth-order valence-electron chi connectivity index (χ4n) is 10.7. The van der Waals surface area contributed by atoms with Crippen LogP contribution in [0.15, 0.2) is 241 Å². The van der Waals surface area contributed by atoms with Crippen LogP contribution in [0.3, 0.4) is 0 Å². The average Bonchev–Trinajstić information content (AvgIpc) is 3.60. The summed E-state index contributed by atoms with van der Waals surface area (Å²) in [5.74, 6) is 0. The molecule has 0 radical (unpaired) electrons. The molecule has 0 unspecified atom stereocenters. The van der Waals surface area contributed by atoms with Gasteiger partial charge in [0.2, 0.25) is 0 Å². The molecule has 66 heavy (non-hydrogen) atoms. The van der Waals surface area contributed by atoms with E-state index in [0.29, 0.717) is 0 Å². The SMILES string of the molecule is CC1(C)c2cc(Br)ccc2-c2ccc(-c3ccc4c(-c5ccccc5-c5ccc(-c6ccccc6)cc5)c5ccccc5c(-c5ccccc5-c5ccc(-c6ccccc6)cc5)c4c3)cc21. The lowest BCUT2D eigenvalue weighted by Gasteiger charge is -2.23. The Labute approximate surface area is 395 Å². The summed E-state index contributed by atoms with van der Waals surface area (Å²) in [6.07, 6.45) is 0. The quantitative estimate of drug-likeness (QED) is 0.140. The zero-order chi connectivity index (χ0) is 44.4. The molecule has 0 atom stereocenters. The number of benzene rings is 11. The summed E-state index contributed by atoms with van der Waals surface area (Å²) in [6.45, 7) is 4.72. The Balaban J connectivity index is 1.09. The van der Waals surface area contributed by atoms with E-state index in [0.717, 1.165) is 4.47 Å². The number of fused-ring (bicyclic) bond motifs is 5. The van der Waals surface area contributed by atoms with Gasteiger partial charge < -0.3 is 0 Å². The highest BCUT2D eigenvalue weighted by Gasteiger charge is 2.36. The summed E-state index contributed by atoms with van der Waals surface area (Å²) in [5, 5.41) is 4.93. The molecule has 1 aliphatic rings. The molecule has 0 aromatic heterocycles. The van der Waals surface area contributed by atoms with Crippen molar-refractivity contribution in [2.24, 2.45) is 0 Å². The van der Waals surface area contributed by atoms with Crippen LogP contribution in [-0.2, 0) is 5.41 Å². The molecule has 0 aliphatic heterocycles. The average molecular weight is 906 g/mol. The van der Waals surface area contributed by atoms with Crippen molar-refractivity contribution in [2.75, 3.05) is 0 Å². The second kappa shape index (κ2) is 16.1. The molecule has 0 amide bonds. The van der Waals surface area contributed by atoms with E-state index in [1.54, 1.807) is 0 Å². The second-order valence-corrected chi connectivity index (χ2v) is 19.0. The summed E-state index contributed by atoms with van der Waals surface area (Å²) < 4.78 is 1.12. The summed E-state index contributed by atoms with van der Waals surface area (Å²) in [5.41, 5.74) is 22.3. The molecule has 0 saturated carbocycles.